The maximum atomic E-state index is 11.7. The van der Waals surface area contributed by atoms with Crippen molar-refractivity contribution >= 4 is 40.9 Å². The molecule has 1 aromatic carbocycles. The molecule has 0 aliphatic carbocycles. The number of rotatable bonds is 3. The van der Waals surface area contributed by atoms with Crippen LogP contribution in [-0.2, 0) is 4.79 Å². The molecule has 0 radical (unpaired) electrons. The largest absolute Gasteiger partial charge is 0.322 e. The lowest BCUT2D eigenvalue weighted by Crippen LogP contribution is -2.07. The number of aromatic nitrogens is 1. The second-order valence-corrected chi connectivity index (χ2v) is 4.57. The molecule has 1 amide bonds. The predicted molar refractivity (Wildman–Crippen MR) is 78.4 cm³/mol. The van der Waals surface area contributed by atoms with Crippen molar-refractivity contribution in [2.75, 3.05) is 5.32 Å². The van der Waals surface area contributed by atoms with Crippen molar-refractivity contribution < 1.29 is 4.79 Å². The fourth-order valence-electron chi connectivity index (χ4n) is 1.43. The van der Waals surface area contributed by atoms with Gasteiger partial charge in [0.2, 0.25) is 5.91 Å². The average Bonchev–Trinajstić information content (AvgIpc) is 2.41. The first-order valence-electron chi connectivity index (χ1n) is 5.49. The number of halogens is 2. The monoisotopic (exact) mass is 292 g/mol. The summed E-state index contributed by atoms with van der Waals surface area (Å²) in [5.74, 6) is -0.248. The maximum Gasteiger partial charge on any atom is 0.248 e. The molecule has 5 heteroatoms. The normalized spacial score (nSPS) is 10.6. The van der Waals surface area contributed by atoms with Crippen LogP contribution in [0.5, 0.6) is 0 Å². The number of nitrogens with one attached hydrogen (secondary N) is 1. The van der Waals surface area contributed by atoms with Crippen LogP contribution in [0.3, 0.4) is 0 Å². The van der Waals surface area contributed by atoms with Gasteiger partial charge in [-0.05, 0) is 42.0 Å². The highest BCUT2D eigenvalue weighted by Crippen LogP contribution is 2.21. The summed E-state index contributed by atoms with van der Waals surface area (Å²) in [5, 5.41) is 3.81. The maximum absolute atomic E-state index is 11.7. The molecule has 0 bridgehead atoms. The van der Waals surface area contributed by atoms with Crippen molar-refractivity contribution in [2.45, 2.75) is 0 Å². The number of pyridine rings is 1. The fourth-order valence-corrected chi connectivity index (χ4v) is 1.79. The van der Waals surface area contributed by atoms with E-state index in [4.69, 9.17) is 23.2 Å². The molecule has 19 heavy (non-hydrogen) atoms. The van der Waals surface area contributed by atoms with Gasteiger partial charge in [-0.2, -0.15) is 0 Å². The number of hydrogen-bond acceptors (Lipinski definition) is 2. The van der Waals surface area contributed by atoms with Crippen LogP contribution in [0.25, 0.3) is 6.08 Å². The molecule has 0 spiro atoms. The molecule has 1 aromatic heterocycles. The number of amides is 1. The summed E-state index contributed by atoms with van der Waals surface area (Å²) in [4.78, 5) is 15.6. The first kappa shape index (κ1) is 13.6. The summed E-state index contributed by atoms with van der Waals surface area (Å²) in [7, 11) is 0. The average molecular weight is 293 g/mol. The lowest BCUT2D eigenvalue weighted by Gasteiger charge is -2.01. The van der Waals surface area contributed by atoms with Gasteiger partial charge in [0.25, 0.3) is 0 Å². The van der Waals surface area contributed by atoms with Gasteiger partial charge in [-0.3, -0.25) is 9.78 Å². The Morgan fingerprint density at radius 2 is 1.89 bits per heavy atom. The summed E-state index contributed by atoms with van der Waals surface area (Å²) < 4.78 is 0. The molecule has 0 atom stereocenters. The van der Waals surface area contributed by atoms with Gasteiger partial charge < -0.3 is 5.32 Å². The standard InChI is InChI=1S/C14H10Cl2N2O/c15-11-2-3-13(16)10(9-11)1-4-14(19)18-12-5-7-17-8-6-12/h1-9H,(H,17,18,19)/b4-1+. The molecule has 0 aliphatic rings. The topological polar surface area (TPSA) is 42.0 Å². The molecular formula is C14H10Cl2N2O. The van der Waals surface area contributed by atoms with Crippen molar-refractivity contribution in [1.29, 1.82) is 0 Å². The van der Waals surface area contributed by atoms with Crippen LogP contribution in [0.4, 0.5) is 5.69 Å². The van der Waals surface area contributed by atoms with Gasteiger partial charge in [0, 0.05) is 34.2 Å². The third kappa shape index (κ3) is 4.09. The van der Waals surface area contributed by atoms with E-state index in [1.54, 1.807) is 48.8 Å². The summed E-state index contributed by atoms with van der Waals surface area (Å²) >= 11 is 11.9. The van der Waals surface area contributed by atoms with Gasteiger partial charge in [-0.25, -0.2) is 0 Å². The first-order valence-corrected chi connectivity index (χ1v) is 6.25. The second-order valence-electron chi connectivity index (χ2n) is 3.72. The minimum Gasteiger partial charge on any atom is -0.322 e. The molecule has 2 aromatic rings. The molecule has 0 saturated carbocycles. The lowest BCUT2D eigenvalue weighted by atomic mass is 10.2. The van der Waals surface area contributed by atoms with E-state index in [-0.39, 0.29) is 5.91 Å². The van der Waals surface area contributed by atoms with Crippen LogP contribution in [0.15, 0.2) is 48.8 Å². The number of nitrogens with zero attached hydrogens (tertiary/aromatic N) is 1. The van der Waals surface area contributed by atoms with Gasteiger partial charge in [0.15, 0.2) is 0 Å². The number of anilines is 1. The molecule has 1 heterocycles. The third-order valence-corrected chi connectivity index (χ3v) is 2.90. The van der Waals surface area contributed by atoms with Crippen LogP contribution in [0.2, 0.25) is 10.0 Å². The molecule has 96 valence electrons. The Morgan fingerprint density at radius 3 is 2.63 bits per heavy atom. The SMILES string of the molecule is O=C(/C=C/c1cc(Cl)ccc1Cl)Nc1ccncc1. The highest BCUT2D eigenvalue weighted by Gasteiger charge is 2.00. The van der Waals surface area contributed by atoms with Crippen LogP contribution < -0.4 is 5.32 Å². The molecule has 0 unspecified atom stereocenters. The van der Waals surface area contributed by atoms with E-state index >= 15 is 0 Å². The van der Waals surface area contributed by atoms with E-state index in [1.807, 2.05) is 0 Å². The first-order chi connectivity index (χ1) is 9.15. The molecule has 3 nitrogen and oxygen atoms in total. The fraction of sp³-hybridized carbons (Fsp3) is 0. The number of hydrogen-bond donors (Lipinski definition) is 1. The van der Waals surface area contributed by atoms with Crippen LogP contribution >= 0.6 is 23.2 Å². The zero-order valence-corrected chi connectivity index (χ0v) is 11.3. The van der Waals surface area contributed by atoms with Crippen molar-refractivity contribution in [1.82, 2.24) is 4.98 Å². The van der Waals surface area contributed by atoms with E-state index < -0.39 is 0 Å². The molecule has 1 N–H and O–H groups in total. The predicted octanol–water partition coefficient (Wildman–Crippen LogP) is 4.04. The van der Waals surface area contributed by atoms with Crippen LogP contribution in [0, 0.1) is 0 Å². The quantitative estimate of drug-likeness (QED) is 0.868. The van der Waals surface area contributed by atoms with E-state index in [1.165, 1.54) is 6.08 Å². The van der Waals surface area contributed by atoms with E-state index in [0.717, 1.165) is 0 Å². The van der Waals surface area contributed by atoms with E-state index in [2.05, 4.69) is 10.3 Å². The van der Waals surface area contributed by atoms with Crippen molar-refractivity contribution in [3.05, 3.63) is 64.4 Å². The van der Waals surface area contributed by atoms with Gasteiger partial charge in [-0.1, -0.05) is 23.2 Å². The Bertz CT molecular complexity index is 612. The van der Waals surface area contributed by atoms with Crippen molar-refractivity contribution in [2.24, 2.45) is 0 Å². The van der Waals surface area contributed by atoms with Gasteiger partial charge in [-0.15, -0.1) is 0 Å². The third-order valence-electron chi connectivity index (χ3n) is 2.32. The second kappa shape index (κ2) is 6.36. The Hall–Kier alpha value is -1.84. The summed E-state index contributed by atoms with van der Waals surface area (Å²) in [6, 6.07) is 8.49. The van der Waals surface area contributed by atoms with Gasteiger partial charge in [0.05, 0.1) is 0 Å². The summed E-state index contributed by atoms with van der Waals surface area (Å²) in [5.41, 5.74) is 1.38. The highest BCUT2D eigenvalue weighted by molar-refractivity contribution is 6.34. The Balaban J connectivity index is 2.06. The molecule has 0 fully saturated rings. The summed E-state index contributed by atoms with van der Waals surface area (Å²) in [6.07, 6.45) is 6.23. The Morgan fingerprint density at radius 1 is 1.16 bits per heavy atom. The van der Waals surface area contributed by atoms with Gasteiger partial charge in [0.1, 0.15) is 0 Å². The zero-order valence-electron chi connectivity index (χ0n) is 9.81. The van der Waals surface area contributed by atoms with Crippen molar-refractivity contribution in [3.8, 4) is 0 Å². The number of carbonyl (C=O) groups is 1. The number of benzene rings is 1. The van der Waals surface area contributed by atoms with Gasteiger partial charge >= 0.3 is 0 Å². The lowest BCUT2D eigenvalue weighted by molar-refractivity contribution is -0.111. The minimum atomic E-state index is -0.248. The zero-order chi connectivity index (χ0) is 13.7. The van der Waals surface area contributed by atoms with Crippen LogP contribution in [-0.4, -0.2) is 10.9 Å². The summed E-state index contributed by atoms with van der Waals surface area (Å²) in [6.45, 7) is 0. The number of carbonyl (C=O) groups excluding carboxylic acids is 1. The van der Waals surface area contributed by atoms with Crippen LogP contribution in [0.1, 0.15) is 5.56 Å². The molecule has 0 aliphatic heterocycles. The smallest absolute Gasteiger partial charge is 0.248 e. The van der Waals surface area contributed by atoms with E-state index in [0.29, 0.717) is 21.3 Å². The minimum absolute atomic E-state index is 0.248. The molecular weight excluding hydrogens is 283 g/mol. The molecule has 0 saturated heterocycles. The highest BCUT2D eigenvalue weighted by atomic mass is 35.5. The molecule has 2 rings (SSSR count). The Kier molecular flexibility index (Phi) is 4.55. The Labute approximate surface area is 120 Å². The van der Waals surface area contributed by atoms with E-state index in [9.17, 15) is 4.79 Å². The van der Waals surface area contributed by atoms with Crippen molar-refractivity contribution in [3.63, 3.8) is 0 Å².